The van der Waals surface area contributed by atoms with Gasteiger partial charge in [0.1, 0.15) is 6.04 Å². The number of amides is 1. The smallest absolute Gasteiger partial charge is 0.243 e. The van der Waals surface area contributed by atoms with E-state index in [4.69, 9.17) is 4.52 Å². The molecule has 0 unspecified atom stereocenters. The summed E-state index contributed by atoms with van der Waals surface area (Å²) in [5.74, 6) is 1.67. The van der Waals surface area contributed by atoms with E-state index in [9.17, 15) is 4.79 Å². The van der Waals surface area contributed by atoms with Crippen LogP contribution in [0.4, 0.5) is 0 Å². The lowest BCUT2D eigenvalue weighted by Gasteiger charge is -2.18. The van der Waals surface area contributed by atoms with E-state index in [2.05, 4.69) is 29.3 Å². The van der Waals surface area contributed by atoms with Crippen molar-refractivity contribution in [2.45, 2.75) is 32.9 Å². The van der Waals surface area contributed by atoms with Gasteiger partial charge in [0.05, 0.1) is 6.54 Å². The molecular formula is C13H20N4O2. The molecule has 0 fully saturated rings. The van der Waals surface area contributed by atoms with Gasteiger partial charge in [-0.2, -0.15) is 4.98 Å². The molecule has 0 bridgehead atoms. The van der Waals surface area contributed by atoms with Gasteiger partial charge in [-0.3, -0.25) is 10.1 Å². The second-order valence-corrected chi connectivity index (χ2v) is 5.21. The van der Waals surface area contributed by atoms with Crippen LogP contribution in [0.3, 0.4) is 0 Å². The van der Waals surface area contributed by atoms with Crippen LogP contribution < -0.4 is 5.32 Å². The van der Waals surface area contributed by atoms with Crippen molar-refractivity contribution < 1.29 is 9.32 Å². The summed E-state index contributed by atoms with van der Waals surface area (Å²) in [5.41, 5.74) is 0. The van der Waals surface area contributed by atoms with Crippen molar-refractivity contribution in [2.24, 2.45) is 5.92 Å². The van der Waals surface area contributed by atoms with E-state index in [0.29, 0.717) is 24.2 Å². The Morgan fingerprint density at radius 2 is 2.42 bits per heavy atom. The maximum absolute atomic E-state index is 12.1. The van der Waals surface area contributed by atoms with E-state index in [0.717, 1.165) is 13.0 Å². The van der Waals surface area contributed by atoms with E-state index < -0.39 is 0 Å². The SMILES string of the molecule is CC(C)Cc1nc(CN(C)C(=O)[C@H]2C=CCN2)no1. The molecule has 0 aliphatic carbocycles. The van der Waals surface area contributed by atoms with Crippen molar-refractivity contribution in [1.82, 2.24) is 20.4 Å². The van der Waals surface area contributed by atoms with Crippen molar-refractivity contribution in [3.63, 3.8) is 0 Å². The minimum Gasteiger partial charge on any atom is -0.339 e. The molecule has 6 nitrogen and oxygen atoms in total. The Kier molecular flexibility index (Phi) is 4.31. The molecule has 0 spiro atoms. The normalized spacial score (nSPS) is 18.2. The largest absolute Gasteiger partial charge is 0.339 e. The third-order valence-corrected chi connectivity index (χ3v) is 2.90. The van der Waals surface area contributed by atoms with Gasteiger partial charge in [0, 0.05) is 20.0 Å². The first-order valence-electron chi connectivity index (χ1n) is 6.52. The first-order valence-corrected chi connectivity index (χ1v) is 6.52. The van der Waals surface area contributed by atoms with Gasteiger partial charge in [-0.05, 0) is 5.92 Å². The molecule has 0 radical (unpaired) electrons. The number of hydrogen-bond donors (Lipinski definition) is 1. The van der Waals surface area contributed by atoms with Crippen LogP contribution in [0.15, 0.2) is 16.7 Å². The molecule has 1 N–H and O–H groups in total. The van der Waals surface area contributed by atoms with Crippen molar-refractivity contribution in [1.29, 1.82) is 0 Å². The van der Waals surface area contributed by atoms with E-state index in [1.54, 1.807) is 11.9 Å². The van der Waals surface area contributed by atoms with Gasteiger partial charge in [-0.1, -0.05) is 31.2 Å². The highest BCUT2D eigenvalue weighted by atomic mass is 16.5. The number of carbonyl (C=O) groups excluding carboxylic acids is 1. The summed E-state index contributed by atoms with van der Waals surface area (Å²) in [7, 11) is 1.74. The van der Waals surface area contributed by atoms with E-state index in [1.807, 2.05) is 12.2 Å². The third kappa shape index (κ3) is 3.64. The Balaban J connectivity index is 1.91. The molecule has 1 aliphatic heterocycles. The zero-order valence-electron chi connectivity index (χ0n) is 11.6. The lowest BCUT2D eigenvalue weighted by molar-refractivity contribution is -0.131. The van der Waals surface area contributed by atoms with Crippen molar-refractivity contribution in [3.8, 4) is 0 Å². The fourth-order valence-corrected chi connectivity index (χ4v) is 1.95. The molecule has 104 valence electrons. The molecular weight excluding hydrogens is 244 g/mol. The van der Waals surface area contributed by atoms with Crippen LogP contribution in [0.5, 0.6) is 0 Å². The quantitative estimate of drug-likeness (QED) is 0.795. The monoisotopic (exact) mass is 264 g/mol. The van der Waals surface area contributed by atoms with Gasteiger partial charge in [-0.15, -0.1) is 0 Å². The summed E-state index contributed by atoms with van der Waals surface area (Å²) >= 11 is 0. The van der Waals surface area contributed by atoms with Crippen LogP contribution in [0.2, 0.25) is 0 Å². The van der Waals surface area contributed by atoms with Gasteiger partial charge in [-0.25, -0.2) is 0 Å². The molecule has 0 saturated heterocycles. The highest BCUT2D eigenvalue weighted by Crippen LogP contribution is 2.08. The molecule has 0 aromatic carbocycles. The maximum Gasteiger partial charge on any atom is 0.243 e. The highest BCUT2D eigenvalue weighted by Gasteiger charge is 2.22. The standard InChI is InChI=1S/C13H20N4O2/c1-9(2)7-12-15-11(16-19-12)8-17(3)13(18)10-5-4-6-14-10/h4-5,9-10,14H,6-8H2,1-3H3/t10-/m1/s1. The summed E-state index contributed by atoms with van der Waals surface area (Å²) < 4.78 is 5.15. The van der Waals surface area contributed by atoms with E-state index in [-0.39, 0.29) is 11.9 Å². The molecule has 2 heterocycles. The number of carbonyl (C=O) groups is 1. The van der Waals surface area contributed by atoms with Gasteiger partial charge in [0.2, 0.25) is 11.8 Å². The minimum absolute atomic E-state index is 0.0176. The minimum atomic E-state index is -0.230. The van der Waals surface area contributed by atoms with E-state index in [1.165, 1.54) is 0 Å². The first-order chi connectivity index (χ1) is 9.06. The summed E-state index contributed by atoms with van der Waals surface area (Å²) in [4.78, 5) is 18.0. The molecule has 1 aromatic rings. The van der Waals surface area contributed by atoms with Crippen LogP contribution in [0.25, 0.3) is 0 Å². The molecule has 1 amide bonds. The first kappa shape index (κ1) is 13.7. The summed E-state index contributed by atoms with van der Waals surface area (Å²) in [6, 6.07) is -0.230. The number of nitrogens with zero attached hydrogens (tertiary/aromatic N) is 3. The van der Waals surface area contributed by atoms with Gasteiger partial charge in [0.25, 0.3) is 0 Å². The van der Waals surface area contributed by atoms with Crippen LogP contribution in [0, 0.1) is 5.92 Å². The highest BCUT2D eigenvalue weighted by molar-refractivity contribution is 5.84. The molecule has 0 saturated carbocycles. The molecule has 1 aliphatic rings. The Bertz CT molecular complexity index is 467. The number of likely N-dealkylation sites (N-methyl/N-ethyl adjacent to an activating group) is 1. The zero-order chi connectivity index (χ0) is 13.8. The number of nitrogens with one attached hydrogen (secondary N) is 1. The van der Waals surface area contributed by atoms with Gasteiger partial charge in [0.15, 0.2) is 5.82 Å². The number of aromatic nitrogens is 2. The summed E-state index contributed by atoms with van der Waals surface area (Å²) in [6.45, 7) is 5.30. The Morgan fingerprint density at radius 3 is 3.05 bits per heavy atom. The molecule has 6 heteroatoms. The average molecular weight is 264 g/mol. The molecule has 19 heavy (non-hydrogen) atoms. The Labute approximate surface area is 112 Å². The van der Waals surface area contributed by atoms with Crippen molar-refractivity contribution >= 4 is 5.91 Å². The second-order valence-electron chi connectivity index (χ2n) is 5.21. The van der Waals surface area contributed by atoms with E-state index >= 15 is 0 Å². The maximum atomic E-state index is 12.1. The van der Waals surface area contributed by atoms with Crippen LogP contribution in [-0.2, 0) is 17.8 Å². The fraction of sp³-hybridized carbons (Fsp3) is 0.615. The Hall–Kier alpha value is -1.69. The zero-order valence-corrected chi connectivity index (χ0v) is 11.6. The van der Waals surface area contributed by atoms with Gasteiger partial charge < -0.3 is 9.42 Å². The topological polar surface area (TPSA) is 71.3 Å². The molecule has 2 rings (SSSR count). The third-order valence-electron chi connectivity index (χ3n) is 2.90. The second kappa shape index (κ2) is 5.97. The summed E-state index contributed by atoms with van der Waals surface area (Å²) in [6.07, 6.45) is 4.59. The average Bonchev–Trinajstić information content (AvgIpc) is 2.98. The van der Waals surface area contributed by atoms with Gasteiger partial charge >= 0.3 is 0 Å². The fourth-order valence-electron chi connectivity index (χ4n) is 1.95. The molecule has 1 aromatic heterocycles. The van der Waals surface area contributed by atoms with Crippen molar-refractivity contribution in [3.05, 3.63) is 23.9 Å². The predicted octanol–water partition coefficient (Wildman–Crippen LogP) is 0.754. The molecule has 1 atom stereocenters. The predicted molar refractivity (Wildman–Crippen MR) is 70.2 cm³/mol. The number of rotatable bonds is 5. The lowest BCUT2D eigenvalue weighted by Crippen LogP contribution is -2.41. The number of hydrogen-bond acceptors (Lipinski definition) is 5. The van der Waals surface area contributed by atoms with Crippen molar-refractivity contribution in [2.75, 3.05) is 13.6 Å². The Morgan fingerprint density at radius 1 is 1.63 bits per heavy atom. The van der Waals surface area contributed by atoms with Crippen LogP contribution in [0.1, 0.15) is 25.6 Å². The summed E-state index contributed by atoms with van der Waals surface area (Å²) in [5, 5.41) is 6.99. The van der Waals surface area contributed by atoms with Crippen LogP contribution >= 0.6 is 0 Å². The lowest BCUT2D eigenvalue weighted by atomic mass is 10.1. The van der Waals surface area contributed by atoms with Crippen LogP contribution in [-0.4, -0.2) is 40.6 Å².